The molecule has 7 nitrogen and oxygen atoms in total. The second-order valence-electron chi connectivity index (χ2n) is 6.28. The molecule has 0 heterocycles. The molecule has 7 heteroatoms. The van der Waals surface area contributed by atoms with Gasteiger partial charge in [-0.3, -0.25) is 0 Å². The smallest absolute Gasteiger partial charge is 0.492 e. The third-order valence-corrected chi connectivity index (χ3v) is 3.19. The van der Waals surface area contributed by atoms with Crippen molar-refractivity contribution in [3.8, 4) is 17.9 Å². The summed E-state index contributed by atoms with van der Waals surface area (Å²) in [4.78, 5) is 6.38. The van der Waals surface area contributed by atoms with Crippen LogP contribution in [0.2, 0.25) is 0 Å². The van der Waals surface area contributed by atoms with Gasteiger partial charge in [0.25, 0.3) is 0 Å². The van der Waals surface area contributed by atoms with Crippen molar-refractivity contribution in [3.05, 3.63) is 51.5 Å². The first-order chi connectivity index (χ1) is 12.9. The number of nitrogens with zero attached hydrogens (tertiary/aromatic N) is 4. The van der Waals surface area contributed by atoms with Gasteiger partial charge in [-0.15, -0.1) is 0 Å². The van der Waals surface area contributed by atoms with Crippen molar-refractivity contribution in [2.45, 2.75) is 26.4 Å². The first-order valence-corrected chi connectivity index (χ1v) is 8.14. The maximum absolute atomic E-state index is 9.01. The lowest BCUT2D eigenvalue weighted by Crippen LogP contribution is -2.22. The summed E-state index contributed by atoms with van der Waals surface area (Å²) >= 11 is 0. The Hall–Kier alpha value is -3.36. The fourth-order valence-corrected chi connectivity index (χ4v) is 2.00. The van der Waals surface area contributed by atoms with Gasteiger partial charge < -0.3 is 14.2 Å². The van der Waals surface area contributed by atoms with Gasteiger partial charge in [0, 0.05) is 5.22 Å². The van der Waals surface area contributed by atoms with Crippen LogP contribution < -0.4 is 15.2 Å². The summed E-state index contributed by atoms with van der Waals surface area (Å²) < 4.78 is 16.6. The fraction of sp³-hybridized carbons (Fsp3) is 0.400. The molecule has 0 unspecified atom stereocenters. The highest BCUT2D eigenvalue weighted by Crippen LogP contribution is 2.07. The minimum atomic E-state index is -0.226. The summed E-state index contributed by atoms with van der Waals surface area (Å²) in [7, 11) is 0. The highest BCUT2D eigenvalue weighted by atomic mass is 16.5. The lowest BCUT2D eigenvalue weighted by atomic mass is 10.1. The van der Waals surface area contributed by atoms with Crippen LogP contribution in [-0.2, 0) is 9.47 Å². The molecule has 0 spiro atoms. The van der Waals surface area contributed by atoms with Gasteiger partial charge in [-0.25, -0.2) is 0 Å². The topological polar surface area (TPSA) is 84.0 Å². The number of hydrogen-bond donors (Lipinski definition) is 0. The molecule has 1 aromatic carbocycles. The number of ether oxygens (including phenoxy) is 3. The Morgan fingerprint density at radius 1 is 1.04 bits per heavy atom. The van der Waals surface area contributed by atoms with Crippen molar-refractivity contribution in [3.63, 3.8) is 0 Å². The molecule has 0 aromatic heterocycles. The Labute approximate surface area is 158 Å². The van der Waals surface area contributed by atoms with Gasteiger partial charge in [0.2, 0.25) is 0 Å². The van der Waals surface area contributed by atoms with Crippen molar-refractivity contribution >= 4 is 11.4 Å². The van der Waals surface area contributed by atoms with E-state index in [0.29, 0.717) is 23.7 Å². The Bertz CT molecular complexity index is 916. The zero-order valence-corrected chi connectivity index (χ0v) is 15.6. The second kappa shape index (κ2) is 10.6. The monoisotopic (exact) mass is 364 g/mol. The predicted molar refractivity (Wildman–Crippen MR) is 99.0 cm³/mol. The normalized spacial score (nSPS) is 10.0. The van der Waals surface area contributed by atoms with Gasteiger partial charge in [-0.1, -0.05) is 12.1 Å². The van der Waals surface area contributed by atoms with Gasteiger partial charge in [0.15, 0.2) is 0 Å². The van der Waals surface area contributed by atoms with Crippen LogP contribution in [0.15, 0.2) is 18.2 Å². The van der Waals surface area contributed by atoms with Crippen molar-refractivity contribution in [2.75, 3.05) is 26.4 Å². The molecule has 27 heavy (non-hydrogen) atoms. The molecule has 0 bridgehead atoms. The molecule has 0 atom stereocenters. The Kier molecular flexibility index (Phi) is 8.50. The lowest BCUT2D eigenvalue weighted by molar-refractivity contribution is -0.0376. The first kappa shape index (κ1) is 21.7. The van der Waals surface area contributed by atoms with E-state index in [1.165, 1.54) is 18.2 Å². The quantitative estimate of drug-likeness (QED) is 0.546. The zero-order chi connectivity index (χ0) is 20.3. The van der Waals surface area contributed by atoms with Crippen molar-refractivity contribution in [1.29, 1.82) is 10.5 Å². The summed E-state index contributed by atoms with van der Waals surface area (Å²) in [6.07, 6.45) is 0. The van der Waals surface area contributed by atoms with E-state index in [1.807, 2.05) is 32.9 Å². The molecular weight excluding hydrogens is 344 g/mol. The molecule has 1 rings (SSSR count). The third-order valence-electron chi connectivity index (χ3n) is 3.19. The van der Waals surface area contributed by atoms with Gasteiger partial charge in [-0.05, 0) is 26.8 Å². The van der Waals surface area contributed by atoms with Gasteiger partial charge >= 0.3 is 5.82 Å². The van der Waals surface area contributed by atoms with Crippen LogP contribution in [0.1, 0.15) is 20.8 Å². The first-order valence-electron chi connectivity index (χ1n) is 8.14. The van der Waals surface area contributed by atoms with Crippen LogP contribution in [-0.4, -0.2) is 32.0 Å². The van der Waals surface area contributed by atoms with Crippen molar-refractivity contribution in [1.82, 2.24) is 0 Å². The molecule has 0 aliphatic rings. The molecule has 0 fully saturated rings. The van der Waals surface area contributed by atoms with Gasteiger partial charge in [0.05, 0.1) is 25.4 Å². The summed E-state index contributed by atoms with van der Waals surface area (Å²) in [6.45, 7) is 21.4. The van der Waals surface area contributed by atoms with Crippen molar-refractivity contribution in [2.24, 2.45) is 0 Å². The summed E-state index contributed by atoms with van der Waals surface area (Å²) in [5.74, 6) is 0.110. The highest BCUT2D eigenvalue weighted by Gasteiger charge is 2.11. The standard InChI is InChI=1S/C20H20N4O3/c1-20(2,3)27-11-9-25-8-10-26-18-12-15(16(13-21)14-22)6-7-17(18)19(23-4)24-5/h6-7,12H,8-11H2,1-3H3. The van der Waals surface area contributed by atoms with E-state index in [-0.39, 0.29) is 36.0 Å². The molecule has 0 saturated carbocycles. The molecule has 1 aromatic rings. The lowest BCUT2D eigenvalue weighted by Gasteiger charge is -2.19. The summed E-state index contributed by atoms with van der Waals surface area (Å²) in [5.41, 5.74) is -0.300. The van der Waals surface area contributed by atoms with Gasteiger partial charge in [0.1, 0.15) is 48.4 Å². The van der Waals surface area contributed by atoms with E-state index >= 15 is 0 Å². The largest absolute Gasteiger partial charge is 0.530 e. The molecule has 0 aliphatic heterocycles. The van der Waals surface area contributed by atoms with Crippen LogP contribution >= 0.6 is 0 Å². The van der Waals surface area contributed by atoms with E-state index in [1.54, 1.807) is 0 Å². The number of nitriles is 2. The van der Waals surface area contributed by atoms with Gasteiger partial charge in [-0.2, -0.15) is 20.2 Å². The van der Waals surface area contributed by atoms with Crippen LogP contribution in [0.4, 0.5) is 0 Å². The zero-order valence-electron chi connectivity index (χ0n) is 15.6. The Morgan fingerprint density at radius 2 is 1.67 bits per heavy atom. The minimum Gasteiger partial charge on any atom is -0.492 e. The summed E-state index contributed by atoms with van der Waals surface area (Å²) in [6, 6.07) is 8.12. The van der Waals surface area contributed by atoms with Crippen molar-refractivity contribution < 1.29 is 14.2 Å². The van der Waals surface area contributed by atoms with E-state index in [4.69, 9.17) is 37.9 Å². The van der Waals surface area contributed by atoms with E-state index in [9.17, 15) is 0 Å². The molecule has 0 N–H and O–H groups in total. The van der Waals surface area contributed by atoms with E-state index in [0.717, 1.165) is 0 Å². The fourth-order valence-electron chi connectivity index (χ4n) is 2.00. The van der Waals surface area contributed by atoms with E-state index < -0.39 is 0 Å². The van der Waals surface area contributed by atoms with Crippen LogP contribution in [0.25, 0.3) is 21.1 Å². The predicted octanol–water partition coefficient (Wildman–Crippen LogP) is 2.00. The number of hydrogen-bond acceptors (Lipinski definition) is 5. The van der Waals surface area contributed by atoms with Crippen LogP contribution in [0, 0.1) is 35.8 Å². The number of rotatable bonds is 7. The molecule has 0 aliphatic carbocycles. The molecular formula is C20H20N4O3. The molecule has 138 valence electrons. The SMILES string of the molecule is [C-]#[N+]C([N+]#[C-])=c1ccc(=C(C#N)C#N)cc1OCCOCCOC(C)(C)C. The Balaban J connectivity index is 2.92. The maximum Gasteiger partial charge on any atom is 0.530 e. The minimum absolute atomic E-state index is 0.0749. The highest BCUT2D eigenvalue weighted by molar-refractivity contribution is 5.73. The van der Waals surface area contributed by atoms with Crippen LogP contribution in [0.3, 0.4) is 0 Å². The number of benzene rings is 1. The van der Waals surface area contributed by atoms with Crippen LogP contribution in [0.5, 0.6) is 5.75 Å². The molecule has 0 radical (unpaired) electrons. The Morgan fingerprint density at radius 3 is 2.22 bits per heavy atom. The average Bonchev–Trinajstić information content (AvgIpc) is 2.63. The summed E-state index contributed by atoms with van der Waals surface area (Å²) in [5, 5.41) is 18.7. The molecule has 0 amide bonds. The third kappa shape index (κ3) is 7.18. The van der Waals surface area contributed by atoms with E-state index in [2.05, 4.69) is 9.69 Å². The second-order valence-corrected chi connectivity index (χ2v) is 6.28. The molecule has 0 saturated heterocycles. The average molecular weight is 364 g/mol. The maximum atomic E-state index is 9.01.